The van der Waals surface area contributed by atoms with E-state index in [1.54, 1.807) is 42.1 Å². The Kier molecular flexibility index (Phi) is 4.21. The molecule has 0 fully saturated rings. The number of rotatable bonds is 4. The predicted molar refractivity (Wildman–Crippen MR) is 109 cm³/mol. The van der Waals surface area contributed by atoms with Gasteiger partial charge in [-0.3, -0.25) is 19.3 Å². The van der Waals surface area contributed by atoms with Gasteiger partial charge in [0.15, 0.2) is 5.16 Å². The molecule has 8 heteroatoms. The molecule has 0 spiro atoms. The summed E-state index contributed by atoms with van der Waals surface area (Å²) in [6.07, 6.45) is 1.98. The molecule has 3 aromatic rings. The van der Waals surface area contributed by atoms with Gasteiger partial charge in [0.25, 0.3) is 11.8 Å². The maximum absolute atomic E-state index is 12.6. The van der Waals surface area contributed by atoms with Crippen LogP contribution in [-0.4, -0.2) is 44.5 Å². The summed E-state index contributed by atoms with van der Waals surface area (Å²) in [5, 5.41) is 3.79. The van der Waals surface area contributed by atoms with Crippen LogP contribution in [0.2, 0.25) is 0 Å². The number of anilines is 1. The van der Waals surface area contributed by atoms with E-state index < -0.39 is 17.7 Å². The third-order valence-corrected chi connectivity index (χ3v) is 5.93. The minimum Gasteiger partial charge on any atom is -0.325 e. The number of imidazole rings is 1. The van der Waals surface area contributed by atoms with E-state index in [0.29, 0.717) is 16.8 Å². The van der Waals surface area contributed by atoms with E-state index in [2.05, 4.69) is 14.9 Å². The molecule has 0 unspecified atom stereocenters. The van der Waals surface area contributed by atoms with Gasteiger partial charge in [0.05, 0.1) is 22.5 Å². The highest BCUT2D eigenvalue weighted by atomic mass is 32.2. The van der Waals surface area contributed by atoms with Crippen molar-refractivity contribution < 1.29 is 14.4 Å². The van der Waals surface area contributed by atoms with Crippen LogP contribution in [0.1, 0.15) is 20.7 Å². The summed E-state index contributed by atoms with van der Waals surface area (Å²) in [6, 6.07) is 14.0. The van der Waals surface area contributed by atoms with E-state index >= 15 is 0 Å². The van der Waals surface area contributed by atoms with Crippen LogP contribution < -0.4 is 5.32 Å². The molecular formula is C21H16N4O3S. The monoisotopic (exact) mass is 404 g/mol. The Morgan fingerprint density at radius 3 is 2.34 bits per heavy atom. The second kappa shape index (κ2) is 6.89. The van der Waals surface area contributed by atoms with Gasteiger partial charge >= 0.3 is 0 Å². The average Bonchev–Trinajstić information content (AvgIpc) is 3.39. The molecule has 0 radical (unpaired) electrons. The maximum Gasteiger partial charge on any atom is 0.262 e. The van der Waals surface area contributed by atoms with Gasteiger partial charge in [0.2, 0.25) is 5.91 Å². The summed E-state index contributed by atoms with van der Waals surface area (Å²) in [5.41, 5.74) is 2.83. The summed E-state index contributed by atoms with van der Waals surface area (Å²) in [5.74, 6) is -0.317. The Morgan fingerprint density at radius 2 is 1.66 bits per heavy atom. The second-order valence-electron chi connectivity index (χ2n) is 6.79. The SMILES string of the molecule is O=C(CN1C(=O)c2ccccc2C1=O)Nc1ccccc1-c1cn2c(n1)SCC2. The van der Waals surface area contributed by atoms with Crippen LogP contribution in [0.15, 0.2) is 59.9 Å². The van der Waals surface area contributed by atoms with E-state index in [9.17, 15) is 14.4 Å². The number of carbonyl (C=O) groups excluding carboxylic acids is 3. The summed E-state index contributed by atoms with van der Waals surface area (Å²) in [4.78, 5) is 43.2. The number of aryl methyl sites for hydroxylation is 1. The van der Waals surface area contributed by atoms with Gasteiger partial charge in [0, 0.05) is 24.1 Å². The molecule has 0 aliphatic carbocycles. The number of carbonyl (C=O) groups is 3. The highest BCUT2D eigenvalue weighted by molar-refractivity contribution is 7.99. The minimum atomic E-state index is -0.448. The Bertz CT molecular complexity index is 1110. The number of amides is 3. The number of thioether (sulfide) groups is 1. The Labute approximate surface area is 170 Å². The normalized spacial score (nSPS) is 14.8. The van der Waals surface area contributed by atoms with Gasteiger partial charge in [-0.2, -0.15) is 0 Å². The van der Waals surface area contributed by atoms with E-state index in [4.69, 9.17) is 0 Å². The fraction of sp³-hybridized carbons (Fsp3) is 0.143. The lowest BCUT2D eigenvalue weighted by Gasteiger charge is -2.15. The zero-order valence-electron chi connectivity index (χ0n) is 15.3. The quantitative estimate of drug-likeness (QED) is 0.676. The summed E-state index contributed by atoms with van der Waals surface area (Å²) >= 11 is 1.70. The van der Waals surface area contributed by atoms with Gasteiger partial charge in [0.1, 0.15) is 6.54 Å². The molecule has 1 N–H and O–H groups in total. The van der Waals surface area contributed by atoms with Crippen LogP contribution in [0.25, 0.3) is 11.3 Å². The van der Waals surface area contributed by atoms with E-state index in [1.165, 1.54) is 0 Å². The number of imide groups is 1. The average molecular weight is 404 g/mol. The third-order valence-electron chi connectivity index (χ3n) is 4.96. The van der Waals surface area contributed by atoms with Crippen molar-refractivity contribution in [3.8, 4) is 11.3 Å². The standard InChI is InChI=1S/C21H16N4O3S/c26-18(12-25-19(27)13-5-1-2-6-14(13)20(25)28)22-16-8-4-3-7-15(16)17-11-24-9-10-29-21(24)23-17/h1-8,11H,9-10,12H2,(H,22,26). The highest BCUT2D eigenvalue weighted by Crippen LogP contribution is 2.32. The Balaban J connectivity index is 1.36. The van der Waals surface area contributed by atoms with Crippen molar-refractivity contribution >= 4 is 35.2 Å². The zero-order valence-corrected chi connectivity index (χ0v) is 16.1. The molecule has 144 valence electrons. The Morgan fingerprint density at radius 1 is 1.00 bits per heavy atom. The highest BCUT2D eigenvalue weighted by Gasteiger charge is 2.36. The molecule has 3 heterocycles. The number of nitrogens with zero attached hydrogens (tertiary/aromatic N) is 3. The van der Waals surface area contributed by atoms with Crippen molar-refractivity contribution in [1.82, 2.24) is 14.5 Å². The lowest BCUT2D eigenvalue weighted by atomic mass is 10.1. The van der Waals surface area contributed by atoms with Gasteiger partial charge in [-0.15, -0.1) is 0 Å². The molecule has 2 aliphatic heterocycles. The smallest absolute Gasteiger partial charge is 0.262 e. The number of nitrogens with one attached hydrogen (secondary N) is 1. The minimum absolute atomic E-state index is 0.329. The zero-order chi connectivity index (χ0) is 20.0. The molecule has 0 saturated heterocycles. The number of fused-ring (bicyclic) bond motifs is 2. The predicted octanol–water partition coefficient (Wildman–Crippen LogP) is 2.89. The number of hydrogen-bond donors (Lipinski definition) is 1. The summed E-state index contributed by atoms with van der Waals surface area (Å²) < 4.78 is 2.09. The lowest BCUT2D eigenvalue weighted by molar-refractivity contribution is -0.116. The molecule has 3 amide bonds. The molecule has 7 nitrogen and oxygen atoms in total. The van der Waals surface area contributed by atoms with Crippen LogP contribution >= 0.6 is 11.8 Å². The molecule has 29 heavy (non-hydrogen) atoms. The fourth-order valence-electron chi connectivity index (χ4n) is 3.57. The largest absolute Gasteiger partial charge is 0.325 e. The van der Waals surface area contributed by atoms with Gasteiger partial charge in [-0.05, 0) is 18.2 Å². The molecular weight excluding hydrogens is 388 g/mol. The molecule has 0 atom stereocenters. The van der Waals surface area contributed by atoms with Gasteiger partial charge in [-0.1, -0.05) is 42.1 Å². The molecule has 2 aromatic carbocycles. The van der Waals surface area contributed by atoms with Gasteiger partial charge in [-0.25, -0.2) is 4.98 Å². The first kappa shape index (κ1) is 17.7. The maximum atomic E-state index is 12.6. The van der Waals surface area contributed by atoms with E-state index in [1.807, 2.05) is 24.4 Å². The fourth-order valence-corrected chi connectivity index (χ4v) is 4.51. The number of hydrogen-bond acceptors (Lipinski definition) is 5. The topological polar surface area (TPSA) is 84.3 Å². The molecule has 0 saturated carbocycles. The molecule has 0 bridgehead atoms. The Hall–Kier alpha value is -3.39. The number of aromatic nitrogens is 2. The van der Waals surface area contributed by atoms with Crippen molar-refractivity contribution in [2.75, 3.05) is 17.6 Å². The van der Waals surface area contributed by atoms with Crippen molar-refractivity contribution in [2.45, 2.75) is 11.7 Å². The van der Waals surface area contributed by atoms with Crippen molar-refractivity contribution in [3.63, 3.8) is 0 Å². The number of benzene rings is 2. The van der Waals surface area contributed by atoms with E-state index in [-0.39, 0.29) is 6.54 Å². The van der Waals surface area contributed by atoms with Crippen molar-refractivity contribution in [1.29, 1.82) is 0 Å². The van der Waals surface area contributed by atoms with Crippen LogP contribution in [0.4, 0.5) is 5.69 Å². The van der Waals surface area contributed by atoms with Crippen LogP contribution in [-0.2, 0) is 11.3 Å². The molecule has 2 aliphatic rings. The van der Waals surface area contributed by atoms with E-state index in [0.717, 1.165) is 33.6 Å². The molecule has 5 rings (SSSR count). The first-order chi connectivity index (χ1) is 14.1. The van der Waals surface area contributed by atoms with Crippen LogP contribution in [0, 0.1) is 0 Å². The second-order valence-corrected chi connectivity index (χ2v) is 7.85. The van der Waals surface area contributed by atoms with Crippen LogP contribution in [0.3, 0.4) is 0 Å². The first-order valence-electron chi connectivity index (χ1n) is 9.16. The molecule has 1 aromatic heterocycles. The van der Waals surface area contributed by atoms with Crippen molar-refractivity contribution in [3.05, 3.63) is 65.9 Å². The first-order valence-corrected chi connectivity index (χ1v) is 10.1. The van der Waals surface area contributed by atoms with Crippen LogP contribution in [0.5, 0.6) is 0 Å². The van der Waals surface area contributed by atoms with Crippen molar-refractivity contribution in [2.24, 2.45) is 0 Å². The number of para-hydroxylation sites is 1. The summed E-state index contributed by atoms with van der Waals surface area (Å²) in [6.45, 7) is 0.581. The third kappa shape index (κ3) is 3.01. The van der Waals surface area contributed by atoms with Gasteiger partial charge < -0.3 is 9.88 Å². The summed E-state index contributed by atoms with van der Waals surface area (Å²) in [7, 11) is 0. The lowest BCUT2D eigenvalue weighted by Crippen LogP contribution is -2.37.